The monoisotopic (exact) mass is 428 g/mol. The number of aryl methyl sites for hydroxylation is 1. The van der Waals surface area contributed by atoms with Crippen LogP contribution in [0.1, 0.15) is 41.6 Å². The van der Waals surface area contributed by atoms with Gasteiger partial charge in [-0.1, -0.05) is 23.9 Å². The lowest BCUT2D eigenvalue weighted by Gasteiger charge is -2.23. The van der Waals surface area contributed by atoms with Gasteiger partial charge in [-0.15, -0.1) is 0 Å². The molecular formula is C23H32N4O2S. The van der Waals surface area contributed by atoms with Crippen LogP contribution in [0.15, 0.2) is 28.0 Å². The van der Waals surface area contributed by atoms with E-state index in [1.54, 1.807) is 0 Å². The van der Waals surface area contributed by atoms with E-state index in [2.05, 4.69) is 15.2 Å². The number of thioether (sulfide) groups is 1. The van der Waals surface area contributed by atoms with Gasteiger partial charge in [0, 0.05) is 23.5 Å². The molecule has 0 aliphatic heterocycles. The molecule has 0 saturated carbocycles. The Morgan fingerprint density at radius 1 is 1.23 bits per heavy atom. The molecule has 30 heavy (non-hydrogen) atoms. The van der Waals surface area contributed by atoms with Crippen molar-refractivity contribution in [2.45, 2.75) is 57.5 Å². The fourth-order valence-corrected chi connectivity index (χ4v) is 4.73. The van der Waals surface area contributed by atoms with Crippen molar-refractivity contribution in [2.75, 3.05) is 31.7 Å². The third-order valence-electron chi connectivity index (χ3n) is 5.66. The maximum Gasteiger partial charge on any atom is 0.348 e. The van der Waals surface area contributed by atoms with Crippen molar-refractivity contribution in [1.82, 2.24) is 14.5 Å². The van der Waals surface area contributed by atoms with Gasteiger partial charge in [-0.3, -0.25) is 9.36 Å². The molecule has 1 heterocycles. The first kappa shape index (κ1) is 22.6. The number of nitrogens with zero attached hydrogens (tertiary/aromatic N) is 3. The molecule has 0 unspecified atom stereocenters. The van der Waals surface area contributed by atoms with E-state index in [1.165, 1.54) is 11.8 Å². The molecule has 1 aromatic carbocycles. The van der Waals surface area contributed by atoms with E-state index in [9.17, 15) is 9.59 Å². The van der Waals surface area contributed by atoms with Gasteiger partial charge in [-0.2, -0.15) is 4.98 Å². The van der Waals surface area contributed by atoms with E-state index in [4.69, 9.17) is 0 Å². The summed E-state index contributed by atoms with van der Waals surface area (Å²) in [4.78, 5) is 31.8. The standard InChI is InChI=1S/C23H32N4O2S/c1-16-9-7-11-19(17(16)2)24-21(28)15-30-22-18-10-5-6-12-20(18)27(23(29)25-22)14-8-13-26(3)4/h7,9,11H,5-6,8,10,12-15H2,1-4H3,(H,24,28). The highest BCUT2D eigenvalue weighted by molar-refractivity contribution is 8.00. The number of amides is 1. The first-order valence-electron chi connectivity index (χ1n) is 10.6. The molecule has 0 fully saturated rings. The third-order valence-corrected chi connectivity index (χ3v) is 6.67. The summed E-state index contributed by atoms with van der Waals surface area (Å²) < 4.78 is 1.86. The van der Waals surface area contributed by atoms with E-state index in [0.29, 0.717) is 6.54 Å². The Hall–Kier alpha value is -2.12. The molecule has 162 valence electrons. The first-order chi connectivity index (χ1) is 14.4. The van der Waals surface area contributed by atoms with Crippen molar-refractivity contribution in [3.8, 4) is 0 Å². The minimum Gasteiger partial charge on any atom is -0.325 e. The molecule has 1 aliphatic carbocycles. The van der Waals surface area contributed by atoms with Crippen LogP contribution >= 0.6 is 11.8 Å². The summed E-state index contributed by atoms with van der Waals surface area (Å²) in [6.45, 7) is 5.68. The van der Waals surface area contributed by atoms with Gasteiger partial charge in [-0.05, 0) is 83.8 Å². The zero-order valence-electron chi connectivity index (χ0n) is 18.5. The highest BCUT2D eigenvalue weighted by atomic mass is 32.2. The predicted octanol–water partition coefficient (Wildman–Crippen LogP) is 3.42. The predicted molar refractivity (Wildman–Crippen MR) is 124 cm³/mol. The summed E-state index contributed by atoms with van der Waals surface area (Å²) in [5, 5.41) is 3.72. The number of carbonyl (C=O) groups is 1. The number of nitrogens with one attached hydrogen (secondary N) is 1. The molecule has 6 nitrogen and oxygen atoms in total. The normalized spacial score (nSPS) is 13.4. The number of hydrogen-bond acceptors (Lipinski definition) is 5. The Morgan fingerprint density at radius 3 is 2.77 bits per heavy atom. The van der Waals surface area contributed by atoms with Crippen molar-refractivity contribution in [3.63, 3.8) is 0 Å². The van der Waals surface area contributed by atoms with Gasteiger partial charge in [0.15, 0.2) is 0 Å². The second-order valence-electron chi connectivity index (χ2n) is 8.22. The SMILES string of the molecule is Cc1cccc(NC(=O)CSc2nc(=O)n(CCCN(C)C)c3c2CCCC3)c1C. The molecule has 1 aliphatic rings. The Morgan fingerprint density at radius 2 is 2.00 bits per heavy atom. The summed E-state index contributed by atoms with van der Waals surface area (Å²) in [5.74, 6) is 0.173. The second-order valence-corrected chi connectivity index (χ2v) is 9.19. The van der Waals surface area contributed by atoms with Crippen LogP contribution in [0.25, 0.3) is 0 Å². The lowest BCUT2D eigenvalue weighted by Crippen LogP contribution is -2.31. The number of aromatic nitrogens is 2. The number of fused-ring (bicyclic) bond motifs is 1. The Bertz CT molecular complexity index is 968. The Balaban J connectivity index is 1.73. The van der Waals surface area contributed by atoms with Crippen molar-refractivity contribution >= 4 is 23.4 Å². The Kier molecular flexibility index (Phi) is 7.72. The zero-order valence-corrected chi connectivity index (χ0v) is 19.3. The van der Waals surface area contributed by atoms with Gasteiger partial charge >= 0.3 is 5.69 Å². The van der Waals surface area contributed by atoms with Crippen LogP contribution in [0, 0.1) is 13.8 Å². The smallest absolute Gasteiger partial charge is 0.325 e. The van der Waals surface area contributed by atoms with Gasteiger partial charge in [0.05, 0.1) is 5.75 Å². The van der Waals surface area contributed by atoms with Crippen molar-refractivity contribution in [1.29, 1.82) is 0 Å². The fourth-order valence-electron chi connectivity index (χ4n) is 3.85. The van der Waals surface area contributed by atoms with Crippen molar-refractivity contribution in [3.05, 3.63) is 51.1 Å². The molecule has 0 atom stereocenters. The highest BCUT2D eigenvalue weighted by Gasteiger charge is 2.21. The first-order valence-corrected chi connectivity index (χ1v) is 11.6. The van der Waals surface area contributed by atoms with Crippen molar-refractivity contribution in [2.24, 2.45) is 0 Å². The number of hydrogen-bond donors (Lipinski definition) is 1. The van der Waals surface area contributed by atoms with E-state index in [-0.39, 0.29) is 17.3 Å². The van der Waals surface area contributed by atoms with Crippen LogP contribution in [0.5, 0.6) is 0 Å². The molecule has 3 rings (SSSR count). The molecule has 1 aromatic heterocycles. The van der Waals surface area contributed by atoms with Crippen LogP contribution in [0.4, 0.5) is 5.69 Å². The molecule has 0 spiro atoms. The minimum atomic E-state index is -0.188. The fraction of sp³-hybridized carbons (Fsp3) is 0.522. The number of carbonyl (C=O) groups excluding carboxylic acids is 1. The summed E-state index contributed by atoms with van der Waals surface area (Å²) in [7, 11) is 4.08. The summed E-state index contributed by atoms with van der Waals surface area (Å²) in [5.41, 5.74) is 5.16. The van der Waals surface area contributed by atoms with Crippen LogP contribution in [0.2, 0.25) is 0 Å². The topological polar surface area (TPSA) is 67.2 Å². The largest absolute Gasteiger partial charge is 0.348 e. The number of benzene rings is 1. The molecule has 2 aromatic rings. The molecular weight excluding hydrogens is 396 g/mol. The lowest BCUT2D eigenvalue weighted by atomic mass is 9.97. The average Bonchev–Trinajstić information content (AvgIpc) is 2.71. The maximum atomic E-state index is 12.7. The molecule has 1 amide bonds. The van der Waals surface area contributed by atoms with E-state index < -0.39 is 0 Å². The minimum absolute atomic E-state index is 0.0739. The van der Waals surface area contributed by atoms with E-state index in [1.807, 2.05) is 50.7 Å². The zero-order chi connectivity index (χ0) is 21.7. The summed E-state index contributed by atoms with van der Waals surface area (Å²) in [6.07, 6.45) is 4.97. The van der Waals surface area contributed by atoms with Gasteiger partial charge in [0.1, 0.15) is 5.03 Å². The third kappa shape index (κ3) is 5.52. The molecule has 7 heteroatoms. The summed E-state index contributed by atoms with van der Waals surface area (Å²) in [6, 6.07) is 5.89. The Labute approximate surface area is 183 Å². The van der Waals surface area contributed by atoms with Crippen LogP contribution in [0.3, 0.4) is 0 Å². The molecule has 0 saturated heterocycles. The maximum absolute atomic E-state index is 12.7. The quantitative estimate of drug-likeness (QED) is 0.515. The van der Waals surface area contributed by atoms with E-state index in [0.717, 1.165) is 71.7 Å². The van der Waals surface area contributed by atoms with Gasteiger partial charge in [0.25, 0.3) is 0 Å². The average molecular weight is 429 g/mol. The molecule has 0 bridgehead atoms. The molecule has 0 radical (unpaired) electrons. The van der Waals surface area contributed by atoms with Gasteiger partial charge in [-0.25, -0.2) is 4.79 Å². The summed E-state index contributed by atoms with van der Waals surface area (Å²) >= 11 is 1.38. The lowest BCUT2D eigenvalue weighted by molar-refractivity contribution is -0.113. The van der Waals surface area contributed by atoms with Crippen LogP contribution in [-0.2, 0) is 24.2 Å². The highest BCUT2D eigenvalue weighted by Crippen LogP contribution is 2.29. The molecule has 1 N–H and O–H groups in total. The van der Waals surface area contributed by atoms with Crippen LogP contribution < -0.4 is 11.0 Å². The van der Waals surface area contributed by atoms with Crippen LogP contribution in [-0.4, -0.2) is 46.8 Å². The van der Waals surface area contributed by atoms with E-state index >= 15 is 0 Å². The second kappa shape index (κ2) is 10.3. The number of rotatable bonds is 8. The number of anilines is 1. The van der Waals surface area contributed by atoms with Gasteiger partial charge in [0.2, 0.25) is 5.91 Å². The van der Waals surface area contributed by atoms with Gasteiger partial charge < -0.3 is 10.2 Å². The van der Waals surface area contributed by atoms with Crippen molar-refractivity contribution < 1.29 is 4.79 Å².